The van der Waals surface area contributed by atoms with Gasteiger partial charge in [0.05, 0.1) is 11.7 Å². The quantitative estimate of drug-likeness (QED) is 0.672. The molecule has 3 nitrogen and oxygen atoms in total. The molecule has 0 spiro atoms. The molecule has 0 aromatic rings. The normalized spacial score (nSPS) is 24.9. The van der Waals surface area contributed by atoms with Gasteiger partial charge >= 0.3 is 0 Å². The molecule has 0 amide bonds. The zero-order chi connectivity index (χ0) is 9.90. The summed E-state index contributed by atoms with van der Waals surface area (Å²) in [6.45, 7) is 4.65. The Hall–Kier alpha value is -0.120. The van der Waals surface area contributed by atoms with Crippen LogP contribution in [0.1, 0.15) is 33.1 Å². The Kier molecular flexibility index (Phi) is 3.71. The van der Waals surface area contributed by atoms with Crippen LogP contribution in [-0.2, 0) is 4.74 Å². The smallest absolute Gasteiger partial charge is 0.0802 e. The number of nitrogens with one attached hydrogen (secondary N) is 1. The first-order valence-corrected chi connectivity index (χ1v) is 5.06. The van der Waals surface area contributed by atoms with E-state index in [0.29, 0.717) is 0 Å². The second kappa shape index (κ2) is 4.40. The minimum atomic E-state index is -0.297. The highest BCUT2D eigenvalue weighted by molar-refractivity contribution is 4.92. The van der Waals surface area contributed by atoms with Crippen molar-refractivity contribution in [2.24, 2.45) is 0 Å². The number of aliphatic hydroxyl groups is 1. The molecule has 2 atom stereocenters. The fraction of sp³-hybridized carbons (Fsp3) is 1.00. The van der Waals surface area contributed by atoms with Crippen LogP contribution >= 0.6 is 0 Å². The summed E-state index contributed by atoms with van der Waals surface area (Å²) in [6, 6.07) is 0.146. The van der Waals surface area contributed by atoms with E-state index in [9.17, 15) is 5.11 Å². The Morgan fingerprint density at radius 2 is 2.08 bits per heavy atom. The third-order valence-electron chi connectivity index (χ3n) is 3.17. The van der Waals surface area contributed by atoms with E-state index in [1.165, 1.54) is 6.42 Å². The highest BCUT2D eigenvalue weighted by atomic mass is 16.5. The highest BCUT2D eigenvalue weighted by Gasteiger charge is 2.36. The molecule has 78 valence electrons. The highest BCUT2D eigenvalue weighted by Crippen LogP contribution is 2.34. The fourth-order valence-corrected chi connectivity index (χ4v) is 1.54. The van der Waals surface area contributed by atoms with E-state index in [1.807, 2.05) is 6.92 Å². The lowest BCUT2D eigenvalue weighted by Crippen LogP contribution is -2.51. The van der Waals surface area contributed by atoms with Crippen molar-refractivity contribution in [2.45, 2.75) is 50.9 Å². The molecule has 2 N–H and O–H groups in total. The van der Waals surface area contributed by atoms with Crippen molar-refractivity contribution < 1.29 is 9.84 Å². The maximum Gasteiger partial charge on any atom is 0.0802 e. The zero-order valence-electron chi connectivity index (χ0n) is 8.84. The maximum atomic E-state index is 9.28. The predicted molar refractivity (Wildman–Crippen MR) is 52.7 cm³/mol. The summed E-state index contributed by atoms with van der Waals surface area (Å²) in [7, 11) is 1.77. The summed E-state index contributed by atoms with van der Waals surface area (Å²) in [5.41, 5.74) is 0.0587. The number of rotatable bonds is 5. The van der Waals surface area contributed by atoms with Gasteiger partial charge in [0.15, 0.2) is 0 Å². The van der Waals surface area contributed by atoms with Gasteiger partial charge in [-0.25, -0.2) is 0 Å². The molecule has 0 aromatic carbocycles. The van der Waals surface area contributed by atoms with Gasteiger partial charge in [-0.1, -0.05) is 0 Å². The van der Waals surface area contributed by atoms with Crippen molar-refractivity contribution in [2.75, 3.05) is 13.7 Å². The van der Waals surface area contributed by atoms with Crippen molar-refractivity contribution >= 4 is 0 Å². The van der Waals surface area contributed by atoms with E-state index < -0.39 is 0 Å². The lowest BCUT2D eigenvalue weighted by Gasteiger charge is -2.41. The average Bonchev–Trinajstić information content (AvgIpc) is 2.02. The number of methoxy groups -OCH3 is 1. The molecule has 1 fully saturated rings. The van der Waals surface area contributed by atoms with Gasteiger partial charge < -0.3 is 15.2 Å². The lowest BCUT2D eigenvalue weighted by atomic mass is 9.80. The molecular weight excluding hydrogens is 166 g/mol. The van der Waals surface area contributed by atoms with Gasteiger partial charge in [-0.05, 0) is 33.1 Å². The van der Waals surface area contributed by atoms with Crippen LogP contribution < -0.4 is 5.32 Å². The monoisotopic (exact) mass is 187 g/mol. The van der Waals surface area contributed by atoms with Crippen molar-refractivity contribution in [3.63, 3.8) is 0 Å². The lowest BCUT2D eigenvalue weighted by molar-refractivity contribution is -0.0723. The minimum Gasteiger partial charge on any atom is -0.392 e. The molecule has 13 heavy (non-hydrogen) atoms. The fourth-order valence-electron chi connectivity index (χ4n) is 1.54. The summed E-state index contributed by atoms with van der Waals surface area (Å²) >= 11 is 0. The van der Waals surface area contributed by atoms with Crippen LogP contribution in [0, 0.1) is 0 Å². The van der Waals surface area contributed by atoms with E-state index >= 15 is 0 Å². The van der Waals surface area contributed by atoms with Gasteiger partial charge in [-0.2, -0.15) is 0 Å². The van der Waals surface area contributed by atoms with Crippen LogP contribution in [0.25, 0.3) is 0 Å². The standard InChI is InChI=1S/C10H21NO2/c1-8(9(2)12)11-7-10(13-3)5-4-6-10/h8-9,11-12H,4-7H2,1-3H3. The second-order valence-electron chi connectivity index (χ2n) is 4.15. The van der Waals surface area contributed by atoms with E-state index in [1.54, 1.807) is 14.0 Å². The van der Waals surface area contributed by atoms with Crippen LogP contribution in [-0.4, -0.2) is 36.5 Å². The number of hydrogen-bond acceptors (Lipinski definition) is 3. The Balaban J connectivity index is 2.24. The van der Waals surface area contributed by atoms with E-state index in [-0.39, 0.29) is 17.7 Å². The molecule has 0 aliphatic heterocycles. The van der Waals surface area contributed by atoms with E-state index in [4.69, 9.17) is 4.74 Å². The van der Waals surface area contributed by atoms with Gasteiger partial charge in [0.1, 0.15) is 0 Å². The zero-order valence-corrected chi connectivity index (χ0v) is 8.84. The second-order valence-corrected chi connectivity index (χ2v) is 4.15. The molecule has 1 aliphatic rings. The Bertz CT molecular complexity index is 149. The molecule has 1 aliphatic carbocycles. The first kappa shape index (κ1) is 11.0. The van der Waals surface area contributed by atoms with Crippen LogP contribution in [0.2, 0.25) is 0 Å². The molecule has 0 saturated heterocycles. The van der Waals surface area contributed by atoms with Crippen LogP contribution in [0.4, 0.5) is 0 Å². The minimum absolute atomic E-state index is 0.0587. The van der Waals surface area contributed by atoms with Gasteiger partial charge in [-0.3, -0.25) is 0 Å². The van der Waals surface area contributed by atoms with Crippen molar-refractivity contribution in [1.29, 1.82) is 0 Å². The van der Waals surface area contributed by atoms with Crippen LogP contribution in [0.3, 0.4) is 0 Å². The topological polar surface area (TPSA) is 41.5 Å². The van der Waals surface area contributed by atoms with E-state index in [0.717, 1.165) is 19.4 Å². The predicted octanol–water partition coefficient (Wildman–Crippen LogP) is 0.914. The third-order valence-corrected chi connectivity index (χ3v) is 3.17. The summed E-state index contributed by atoms with van der Waals surface area (Å²) in [5.74, 6) is 0. The molecule has 0 aromatic heterocycles. The summed E-state index contributed by atoms with van der Waals surface area (Å²) < 4.78 is 5.46. The van der Waals surface area contributed by atoms with Crippen molar-refractivity contribution in [1.82, 2.24) is 5.32 Å². The van der Waals surface area contributed by atoms with E-state index in [2.05, 4.69) is 5.32 Å². The number of hydrogen-bond donors (Lipinski definition) is 2. The Morgan fingerprint density at radius 1 is 1.46 bits per heavy atom. The summed E-state index contributed by atoms with van der Waals surface area (Å²) in [5, 5.41) is 12.6. The average molecular weight is 187 g/mol. The Morgan fingerprint density at radius 3 is 2.38 bits per heavy atom. The largest absolute Gasteiger partial charge is 0.392 e. The van der Waals surface area contributed by atoms with Gasteiger partial charge in [-0.15, -0.1) is 0 Å². The number of aliphatic hydroxyl groups excluding tert-OH is 1. The molecule has 0 heterocycles. The molecular formula is C10H21NO2. The molecule has 1 saturated carbocycles. The maximum absolute atomic E-state index is 9.28. The molecule has 2 unspecified atom stereocenters. The van der Waals surface area contributed by atoms with Crippen LogP contribution in [0.15, 0.2) is 0 Å². The molecule has 0 bridgehead atoms. The van der Waals surface area contributed by atoms with Crippen molar-refractivity contribution in [3.05, 3.63) is 0 Å². The summed E-state index contributed by atoms with van der Waals surface area (Å²) in [4.78, 5) is 0. The number of ether oxygens (including phenoxy) is 1. The van der Waals surface area contributed by atoms with Gasteiger partial charge in [0.2, 0.25) is 0 Å². The first-order chi connectivity index (χ1) is 6.09. The SMILES string of the molecule is COC1(CNC(C)C(C)O)CCC1. The van der Waals surface area contributed by atoms with Gasteiger partial charge in [0.25, 0.3) is 0 Å². The van der Waals surface area contributed by atoms with Crippen molar-refractivity contribution in [3.8, 4) is 0 Å². The molecule has 3 heteroatoms. The summed E-state index contributed by atoms with van der Waals surface area (Å²) in [6.07, 6.45) is 3.25. The Labute approximate surface area is 80.5 Å². The molecule has 0 radical (unpaired) electrons. The van der Waals surface area contributed by atoms with Gasteiger partial charge in [0, 0.05) is 19.7 Å². The van der Waals surface area contributed by atoms with Crippen LogP contribution in [0.5, 0.6) is 0 Å². The first-order valence-electron chi connectivity index (χ1n) is 5.06. The molecule has 1 rings (SSSR count). The third kappa shape index (κ3) is 2.66.